The highest BCUT2D eigenvalue weighted by atomic mass is 16.2. The minimum Gasteiger partial charge on any atom is -0.342 e. The van der Waals surface area contributed by atoms with Gasteiger partial charge < -0.3 is 10.2 Å². The van der Waals surface area contributed by atoms with Gasteiger partial charge in [0.05, 0.1) is 0 Å². The first-order valence-corrected chi connectivity index (χ1v) is 8.17. The fourth-order valence-corrected chi connectivity index (χ4v) is 5.28. The summed E-state index contributed by atoms with van der Waals surface area (Å²) in [6, 6.07) is 0.451. The van der Waals surface area contributed by atoms with E-state index in [0.29, 0.717) is 25.4 Å². The van der Waals surface area contributed by atoms with E-state index in [1.165, 1.54) is 19.3 Å². The number of hydrogen-bond donors (Lipinski definition) is 1. The highest BCUT2D eigenvalue weighted by molar-refractivity contribution is 5.93. The number of nitrogens with zero attached hydrogens (tertiary/aromatic N) is 1. The molecular formula is C16H24N2O2. The van der Waals surface area contributed by atoms with Gasteiger partial charge in [0.15, 0.2) is 0 Å². The molecule has 2 bridgehead atoms. The van der Waals surface area contributed by atoms with E-state index < -0.39 is 5.54 Å². The normalized spacial score (nSPS) is 49.9. The van der Waals surface area contributed by atoms with Crippen molar-refractivity contribution in [1.82, 2.24) is 10.2 Å². The molecule has 4 fully saturated rings. The van der Waals surface area contributed by atoms with Gasteiger partial charge in [-0.15, -0.1) is 0 Å². The third kappa shape index (κ3) is 1.54. The number of hydrogen-bond acceptors (Lipinski definition) is 2. The molecule has 0 spiro atoms. The smallest absolute Gasteiger partial charge is 0.248 e. The fraction of sp³-hybridized carbons (Fsp3) is 0.875. The minimum atomic E-state index is -0.691. The fourth-order valence-electron chi connectivity index (χ4n) is 5.28. The Balaban J connectivity index is 1.59. The summed E-state index contributed by atoms with van der Waals surface area (Å²) in [5.41, 5.74) is -0.691. The molecule has 4 heteroatoms. The molecule has 2 amide bonds. The maximum atomic E-state index is 12.9. The van der Waals surface area contributed by atoms with Gasteiger partial charge in [-0.25, -0.2) is 0 Å². The van der Waals surface area contributed by atoms with Crippen LogP contribution < -0.4 is 5.32 Å². The van der Waals surface area contributed by atoms with Crippen LogP contribution in [-0.4, -0.2) is 34.8 Å². The second kappa shape index (κ2) is 3.99. The Morgan fingerprint density at radius 2 is 1.90 bits per heavy atom. The summed E-state index contributed by atoms with van der Waals surface area (Å²) in [4.78, 5) is 26.9. The van der Waals surface area contributed by atoms with Crippen LogP contribution in [0.5, 0.6) is 0 Å². The summed E-state index contributed by atoms with van der Waals surface area (Å²) < 4.78 is 0. The van der Waals surface area contributed by atoms with Crippen LogP contribution in [0.15, 0.2) is 0 Å². The summed E-state index contributed by atoms with van der Waals surface area (Å²) in [6.07, 6.45) is 5.27. The molecule has 110 valence electrons. The van der Waals surface area contributed by atoms with E-state index in [1.54, 1.807) is 0 Å². The Labute approximate surface area is 120 Å². The summed E-state index contributed by atoms with van der Waals surface area (Å²) >= 11 is 0. The Kier molecular flexibility index (Phi) is 2.52. The van der Waals surface area contributed by atoms with Crippen LogP contribution in [-0.2, 0) is 9.59 Å². The number of carbonyl (C=O) groups excluding carboxylic acids is 2. The predicted molar refractivity (Wildman–Crippen MR) is 74.8 cm³/mol. The van der Waals surface area contributed by atoms with Gasteiger partial charge in [0.25, 0.3) is 0 Å². The lowest BCUT2D eigenvalue weighted by molar-refractivity contribution is -0.139. The van der Waals surface area contributed by atoms with Gasteiger partial charge in [-0.05, 0) is 56.3 Å². The second-order valence-electron chi connectivity index (χ2n) is 7.46. The highest BCUT2D eigenvalue weighted by Gasteiger charge is 2.68. The standard InChI is InChI=1S/C16H24N2O2/c1-3-16(2)15(20)18(7-6-11(19)17-16)14-12-9-4-5-10(8-9)13(12)14/h9-10,12-14H,3-8H2,1-2H3,(H,17,19). The van der Waals surface area contributed by atoms with Gasteiger partial charge >= 0.3 is 0 Å². The molecule has 20 heavy (non-hydrogen) atoms. The van der Waals surface area contributed by atoms with Crippen molar-refractivity contribution < 1.29 is 9.59 Å². The van der Waals surface area contributed by atoms with Crippen molar-refractivity contribution in [3.63, 3.8) is 0 Å². The Bertz CT molecular complexity index is 461. The summed E-state index contributed by atoms with van der Waals surface area (Å²) in [7, 11) is 0. The number of amides is 2. The quantitative estimate of drug-likeness (QED) is 0.832. The Morgan fingerprint density at radius 3 is 2.50 bits per heavy atom. The average Bonchev–Trinajstić information content (AvgIpc) is 2.89. The van der Waals surface area contributed by atoms with Gasteiger partial charge in [0, 0.05) is 19.0 Å². The van der Waals surface area contributed by atoms with Crippen molar-refractivity contribution in [2.24, 2.45) is 23.7 Å². The molecule has 0 radical (unpaired) electrons. The Morgan fingerprint density at radius 1 is 1.25 bits per heavy atom. The largest absolute Gasteiger partial charge is 0.342 e. The van der Waals surface area contributed by atoms with Gasteiger partial charge in [0.1, 0.15) is 5.54 Å². The third-order valence-electron chi connectivity index (χ3n) is 6.49. The number of fused-ring (bicyclic) bond motifs is 5. The van der Waals surface area contributed by atoms with Crippen LogP contribution in [0, 0.1) is 23.7 Å². The molecule has 1 N–H and O–H groups in total. The Hall–Kier alpha value is -1.06. The first kappa shape index (κ1) is 12.7. The first-order valence-electron chi connectivity index (χ1n) is 8.17. The molecule has 1 aliphatic heterocycles. The number of carbonyl (C=O) groups is 2. The van der Waals surface area contributed by atoms with Crippen molar-refractivity contribution in [3.05, 3.63) is 0 Å². The van der Waals surface area contributed by atoms with Gasteiger partial charge in [0.2, 0.25) is 11.8 Å². The van der Waals surface area contributed by atoms with Crippen LogP contribution >= 0.6 is 0 Å². The van der Waals surface area contributed by atoms with Crippen molar-refractivity contribution in [2.45, 2.75) is 57.5 Å². The molecule has 4 nitrogen and oxygen atoms in total. The van der Waals surface area contributed by atoms with Gasteiger partial charge in [-0.1, -0.05) is 6.92 Å². The van der Waals surface area contributed by atoms with E-state index >= 15 is 0 Å². The zero-order valence-corrected chi connectivity index (χ0v) is 12.4. The van der Waals surface area contributed by atoms with E-state index in [9.17, 15) is 9.59 Å². The van der Waals surface area contributed by atoms with Gasteiger partial charge in [-0.2, -0.15) is 0 Å². The number of rotatable bonds is 2. The molecular weight excluding hydrogens is 252 g/mol. The van der Waals surface area contributed by atoms with Crippen LogP contribution in [0.25, 0.3) is 0 Å². The van der Waals surface area contributed by atoms with Crippen LogP contribution in [0.2, 0.25) is 0 Å². The molecule has 0 aromatic rings. The molecule has 5 unspecified atom stereocenters. The van der Waals surface area contributed by atoms with E-state index in [-0.39, 0.29) is 11.8 Å². The molecule has 5 atom stereocenters. The predicted octanol–water partition coefficient (Wildman–Crippen LogP) is 1.55. The van der Waals surface area contributed by atoms with Crippen molar-refractivity contribution in [1.29, 1.82) is 0 Å². The SMILES string of the molecule is CCC1(C)NC(=O)CCN(C2C3C4CCC(C4)C32)C1=O. The molecule has 3 saturated carbocycles. The zero-order chi connectivity index (χ0) is 14.1. The van der Waals surface area contributed by atoms with Crippen molar-refractivity contribution in [2.75, 3.05) is 6.54 Å². The lowest BCUT2D eigenvalue weighted by atomic mass is 9.96. The van der Waals surface area contributed by atoms with Crippen molar-refractivity contribution in [3.8, 4) is 0 Å². The molecule has 1 heterocycles. The first-order chi connectivity index (χ1) is 9.55. The topological polar surface area (TPSA) is 49.4 Å². The lowest BCUT2D eigenvalue weighted by Gasteiger charge is -2.32. The average molecular weight is 276 g/mol. The molecule has 3 aliphatic carbocycles. The van der Waals surface area contributed by atoms with Crippen LogP contribution in [0.4, 0.5) is 0 Å². The monoisotopic (exact) mass is 276 g/mol. The summed E-state index contributed by atoms with van der Waals surface area (Å²) in [5.74, 6) is 3.42. The van der Waals surface area contributed by atoms with Crippen LogP contribution in [0.3, 0.4) is 0 Å². The maximum absolute atomic E-state index is 12.9. The highest BCUT2D eigenvalue weighted by Crippen LogP contribution is 2.67. The molecule has 0 aromatic carbocycles. The zero-order valence-electron chi connectivity index (χ0n) is 12.4. The third-order valence-corrected chi connectivity index (χ3v) is 6.49. The summed E-state index contributed by atoms with van der Waals surface area (Å²) in [6.45, 7) is 4.49. The van der Waals surface area contributed by atoms with E-state index in [4.69, 9.17) is 0 Å². The second-order valence-corrected chi connectivity index (χ2v) is 7.46. The van der Waals surface area contributed by atoms with Crippen LogP contribution in [0.1, 0.15) is 46.0 Å². The molecule has 0 aromatic heterocycles. The maximum Gasteiger partial charge on any atom is 0.248 e. The van der Waals surface area contributed by atoms with Crippen molar-refractivity contribution >= 4 is 11.8 Å². The summed E-state index contributed by atoms with van der Waals surface area (Å²) in [5, 5.41) is 2.94. The van der Waals surface area contributed by atoms with Gasteiger partial charge in [-0.3, -0.25) is 9.59 Å². The lowest BCUT2D eigenvalue weighted by Crippen LogP contribution is -2.55. The molecule has 4 rings (SSSR count). The minimum absolute atomic E-state index is 0.0268. The van der Waals surface area contributed by atoms with E-state index in [0.717, 1.165) is 23.7 Å². The molecule has 4 aliphatic rings. The molecule has 1 saturated heterocycles. The van der Waals surface area contributed by atoms with E-state index in [1.807, 2.05) is 13.8 Å². The number of nitrogens with one attached hydrogen (secondary N) is 1. The van der Waals surface area contributed by atoms with E-state index in [2.05, 4.69) is 10.2 Å².